The number of carbonyl (C=O) groups excluding carboxylic acids is 1. The third kappa shape index (κ3) is 3.30. The number of hydrogen-bond acceptors (Lipinski definition) is 6. The number of benzene rings is 1. The van der Waals surface area contributed by atoms with Gasteiger partial charge in [-0.15, -0.1) is 16.4 Å². The zero-order valence-electron chi connectivity index (χ0n) is 13.1. The summed E-state index contributed by atoms with van der Waals surface area (Å²) in [6.07, 6.45) is 0.685. The maximum Gasteiger partial charge on any atom is 0.271 e. The molecule has 1 N–H and O–H groups in total. The lowest BCUT2D eigenvalue weighted by Crippen LogP contribution is -2.12. The van der Waals surface area contributed by atoms with Crippen molar-refractivity contribution in [2.24, 2.45) is 0 Å². The Morgan fingerprint density at radius 3 is 2.91 bits per heavy atom. The number of carbonyl (C=O) groups is 1. The fourth-order valence-electron chi connectivity index (χ4n) is 2.23. The molecule has 0 aliphatic heterocycles. The monoisotopic (exact) mass is 344 g/mol. The van der Waals surface area contributed by atoms with Gasteiger partial charge in [-0.25, -0.2) is 4.98 Å². The molecule has 118 valence electrons. The van der Waals surface area contributed by atoms with Gasteiger partial charge in [-0.1, -0.05) is 29.1 Å². The van der Waals surface area contributed by atoms with Crippen LogP contribution in [0.25, 0.3) is 11.3 Å². The van der Waals surface area contributed by atoms with Crippen LogP contribution < -0.4 is 5.32 Å². The summed E-state index contributed by atoms with van der Waals surface area (Å²) in [4.78, 5) is 17.4. The van der Waals surface area contributed by atoms with Gasteiger partial charge in [0, 0.05) is 10.9 Å². The third-order valence-electron chi connectivity index (χ3n) is 3.49. The van der Waals surface area contributed by atoms with Crippen LogP contribution in [0.2, 0.25) is 0 Å². The molecule has 0 aliphatic rings. The van der Waals surface area contributed by atoms with E-state index in [1.165, 1.54) is 22.5 Å². The number of nitrogens with one attached hydrogen (secondary N) is 1. The highest BCUT2D eigenvalue weighted by molar-refractivity contribution is 7.14. The normalized spacial score (nSPS) is 10.7. The molecule has 0 atom stereocenters. The zero-order chi connectivity index (χ0) is 16.4. The maximum absolute atomic E-state index is 12.3. The Kier molecular flexibility index (Phi) is 4.49. The standard InChI is InChI=1S/C16H16N4OS2/c1-4-12-14(23-20-19-12)15(21)18-16-17-13(8-22-16)11-7-9(2)5-6-10(11)3/h5-8H,4H2,1-3H3,(H,17,18,21). The van der Waals surface area contributed by atoms with Crippen molar-refractivity contribution in [2.45, 2.75) is 27.2 Å². The van der Waals surface area contributed by atoms with Crippen LogP contribution in [0.5, 0.6) is 0 Å². The lowest BCUT2D eigenvalue weighted by molar-refractivity contribution is 0.102. The molecule has 0 fully saturated rings. The van der Waals surface area contributed by atoms with E-state index in [0.29, 0.717) is 16.4 Å². The second-order valence-electron chi connectivity index (χ2n) is 5.21. The Morgan fingerprint density at radius 1 is 1.30 bits per heavy atom. The van der Waals surface area contributed by atoms with Crippen molar-refractivity contribution in [3.63, 3.8) is 0 Å². The predicted octanol–water partition coefficient (Wildman–Crippen LogP) is 4.09. The van der Waals surface area contributed by atoms with E-state index in [-0.39, 0.29) is 5.91 Å². The van der Waals surface area contributed by atoms with Gasteiger partial charge in [0.1, 0.15) is 4.88 Å². The van der Waals surface area contributed by atoms with Gasteiger partial charge in [0.15, 0.2) is 5.13 Å². The van der Waals surface area contributed by atoms with Crippen molar-refractivity contribution in [1.29, 1.82) is 0 Å². The average Bonchev–Trinajstić information content (AvgIpc) is 3.18. The van der Waals surface area contributed by atoms with Crippen LogP contribution in [-0.4, -0.2) is 20.5 Å². The number of hydrogen-bond donors (Lipinski definition) is 1. The minimum Gasteiger partial charge on any atom is -0.297 e. The van der Waals surface area contributed by atoms with E-state index in [2.05, 4.69) is 51.9 Å². The molecule has 1 amide bonds. The first kappa shape index (κ1) is 15.8. The van der Waals surface area contributed by atoms with Gasteiger partial charge < -0.3 is 0 Å². The molecular weight excluding hydrogens is 328 g/mol. The molecule has 7 heteroatoms. The molecule has 3 rings (SSSR count). The van der Waals surface area contributed by atoms with Crippen molar-refractivity contribution in [2.75, 3.05) is 5.32 Å². The first-order valence-corrected chi connectivity index (χ1v) is 8.89. The van der Waals surface area contributed by atoms with Gasteiger partial charge in [-0.05, 0) is 43.4 Å². The highest BCUT2D eigenvalue weighted by Gasteiger charge is 2.17. The summed E-state index contributed by atoms with van der Waals surface area (Å²) < 4.78 is 3.84. The van der Waals surface area contributed by atoms with Crippen molar-refractivity contribution in [1.82, 2.24) is 14.6 Å². The van der Waals surface area contributed by atoms with Gasteiger partial charge in [-0.2, -0.15) is 0 Å². The molecule has 5 nitrogen and oxygen atoms in total. The molecule has 3 aromatic rings. The molecule has 0 saturated carbocycles. The van der Waals surface area contributed by atoms with Crippen LogP contribution in [-0.2, 0) is 6.42 Å². The Hall–Kier alpha value is -2.12. The molecule has 23 heavy (non-hydrogen) atoms. The Balaban J connectivity index is 1.82. The summed E-state index contributed by atoms with van der Waals surface area (Å²) in [5.41, 5.74) is 5.05. The van der Waals surface area contributed by atoms with Crippen molar-refractivity contribution >= 4 is 33.9 Å². The smallest absolute Gasteiger partial charge is 0.271 e. The largest absolute Gasteiger partial charge is 0.297 e. The second kappa shape index (κ2) is 6.55. The Bertz CT molecular complexity index is 853. The lowest BCUT2D eigenvalue weighted by atomic mass is 10.0. The number of anilines is 1. The Morgan fingerprint density at radius 2 is 2.13 bits per heavy atom. The molecule has 2 heterocycles. The number of rotatable bonds is 4. The first-order chi connectivity index (χ1) is 11.1. The molecule has 0 saturated heterocycles. The second-order valence-corrected chi connectivity index (χ2v) is 6.82. The van der Waals surface area contributed by atoms with Crippen LogP contribution >= 0.6 is 22.9 Å². The van der Waals surface area contributed by atoms with Crippen molar-refractivity contribution < 1.29 is 4.79 Å². The highest BCUT2D eigenvalue weighted by atomic mass is 32.1. The summed E-state index contributed by atoms with van der Waals surface area (Å²) in [7, 11) is 0. The zero-order valence-corrected chi connectivity index (χ0v) is 14.7. The van der Waals surface area contributed by atoms with E-state index in [0.717, 1.165) is 28.5 Å². The third-order valence-corrected chi connectivity index (χ3v) is 5.02. The number of thiazole rings is 1. The molecule has 2 aromatic heterocycles. The molecule has 0 spiro atoms. The average molecular weight is 344 g/mol. The number of nitrogens with zero attached hydrogens (tertiary/aromatic N) is 3. The van der Waals surface area contributed by atoms with Gasteiger partial charge in [-0.3, -0.25) is 10.1 Å². The maximum atomic E-state index is 12.3. The van der Waals surface area contributed by atoms with Gasteiger partial charge in [0.05, 0.1) is 11.4 Å². The summed E-state index contributed by atoms with van der Waals surface area (Å²) in [6.45, 7) is 6.07. The van der Waals surface area contributed by atoms with Gasteiger partial charge in [0.25, 0.3) is 5.91 Å². The molecule has 0 bridgehead atoms. The molecule has 0 radical (unpaired) electrons. The minimum absolute atomic E-state index is 0.196. The molecule has 1 aromatic carbocycles. The van der Waals surface area contributed by atoms with Crippen molar-refractivity contribution in [3.05, 3.63) is 45.3 Å². The summed E-state index contributed by atoms with van der Waals surface area (Å²) in [5, 5.41) is 9.35. The van der Waals surface area contributed by atoms with Crippen LogP contribution in [0.1, 0.15) is 33.4 Å². The predicted molar refractivity (Wildman–Crippen MR) is 94.3 cm³/mol. The van der Waals surface area contributed by atoms with E-state index < -0.39 is 0 Å². The van der Waals surface area contributed by atoms with E-state index in [4.69, 9.17) is 0 Å². The summed E-state index contributed by atoms with van der Waals surface area (Å²) in [5.74, 6) is -0.196. The van der Waals surface area contributed by atoms with Crippen LogP contribution in [0, 0.1) is 13.8 Å². The molecule has 0 unspecified atom stereocenters. The van der Waals surface area contributed by atoms with E-state index in [1.807, 2.05) is 12.3 Å². The van der Waals surface area contributed by atoms with Gasteiger partial charge in [0.2, 0.25) is 0 Å². The lowest BCUT2D eigenvalue weighted by Gasteiger charge is -2.04. The fourth-order valence-corrected chi connectivity index (χ4v) is 3.58. The van der Waals surface area contributed by atoms with E-state index >= 15 is 0 Å². The summed E-state index contributed by atoms with van der Waals surface area (Å²) >= 11 is 2.53. The summed E-state index contributed by atoms with van der Waals surface area (Å²) in [6, 6.07) is 6.27. The fraction of sp³-hybridized carbons (Fsp3) is 0.250. The Labute approximate surface area is 142 Å². The molecule has 0 aliphatic carbocycles. The molecular formula is C16H16N4OS2. The van der Waals surface area contributed by atoms with Crippen LogP contribution in [0.3, 0.4) is 0 Å². The van der Waals surface area contributed by atoms with Gasteiger partial charge >= 0.3 is 0 Å². The number of aryl methyl sites for hydroxylation is 3. The van der Waals surface area contributed by atoms with Crippen LogP contribution in [0.4, 0.5) is 5.13 Å². The van der Waals surface area contributed by atoms with E-state index in [1.54, 1.807) is 0 Å². The van der Waals surface area contributed by atoms with Crippen LogP contribution in [0.15, 0.2) is 23.6 Å². The van der Waals surface area contributed by atoms with Crippen molar-refractivity contribution in [3.8, 4) is 11.3 Å². The van der Waals surface area contributed by atoms with E-state index in [9.17, 15) is 4.79 Å². The highest BCUT2D eigenvalue weighted by Crippen LogP contribution is 2.28. The minimum atomic E-state index is -0.196. The number of amides is 1. The first-order valence-electron chi connectivity index (χ1n) is 7.24. The number of aromatic nitrogens is 3. The SMILES string of the molecule is CCc1nnsc1C(=O)Nc1nc(-c2cc(C)ccc2C)cs1. The quantitative estimate of drug-likeness (QED) is 0.774. The topological polar surface area (TPSA) is 67.8 Å².